The zero-order chi connectivity index (χ0) is 15.7. The van der Waals surface area contributed by atoms with Gasteiger partial charge in [-0.05, 0) is 55.7 Å². The van der Waals surface area contributed by atoms with Crippen molar-refractivity contribution < 1.29 is 9.59 Å². The second-order valence-electron chi connectivity index (χ2n) is 5.12. The van der Waals surface area contributed by atoms with E-state index < -0.39 is 0 Å². The van der Waals surface area contributed by atoms with E-state index in [1.165, 1.54) is 13.8 Å². The summed E-state index contributed by atoms with van der Waals surface area (Å²) in [6.07, 6.45) is 0. The topological polar surface area (TPSA) is 86.2 Å². The van der Waals surface area contributed by atoms with Crippen molar-refractivity contribution in [2.45, 2.75) is 20.8 Å². The van der Waals surface area contributed by atoms with Crippen molar-refractivity contribution in [2.24, 2.45) is 0 Å². The first-order valence-electron chi connectivity index (χ1n) is 6.63. The fraction of sp³-hybridized carbons (Fsp3) is 0.176. The second kappa shape index (κ2) is 5.40. The van der Waals surface area contributed by atoms with E-state index in [0.29, 0.717) is 22.5 Å². The van der Waals surface area contributed by atoms with Crippen LogP contribution >= 0.6 is 0 Å². The Morgan fingerprint density at radius 1 is 0.905 bits per heavy atom. The second-order valence-corrected chi connectivity index (χ2v) is 5.12. The number of hydrogen-bond acceptors (Lipinski definition) is 4. The fourth-order valence-corrected chi connectivity index (χ4v) is 2.58. The smallest absolute Gasteiger partial charge is 0.162 e. The molecule has 2 rings (SSSR count). The van der Waals surface area contributed by atoms with Crippen LogP contribution in [-0.2, 0) is 0 Å². The highest BCUT2D eigenvalue weighted by Gasteiger charge is 2.16. The van der Waals surface area contributed by atoms with Crippen molar-refractivity contribution in [2.75, 3.05) is 11.5 Å². The molecule has 0 saturated heterocycles. The van der Waals surface area contributed by atoms with Crippen LogP contribution in [0.4, 0.5) is 11.4 Å². The van der Waals surface area contributed by atoms with Crippen molar-refractivity contribution in [1.29, 1.82) is 0 Å². The van der Waals surface area contributed by atoms with Gasteiger partial charge < -0.3 is 11.5 Å². The van der Waals surface area contributed by atoms with Crippen molar-refractivity contribution in [3.63, 3.8) is 0 Å². The molecule has 0 fully saturated rings. The van der Waals surface area contributed by atoms with Gasteiger partial charge in [-0.3, -0.25) is 9.59 Å². The molecule has 0 spiro atoms. The third-order valence-electron chi connectivity index (χ3n) is 3.56. The number of nitrogen functional groups attached to an aromatic ring is 2. The summed E-state index contributed by atoms with van der Waals surface area (Å²) in [6, 6.07) is 8.72. The quantitative estimate of drug-likeness (QED) is 0.668. The van der Waals surface area contributed by atoms with E-state index in [1.54, 1.807) is 24.3 Å². The van der Waals surface area contributed by atoms with Crippen LogP contribution in [0.25, 0.3) is 11.1 Å². The van der Waals surface area contributed by atoms with Crippen LogP contribution < -0.4 is 11.5 Å². The van der Waals surface area contributed by atoms with Crippen molar-refractivity contribution in [3.8, 4) is 11.1 Å². The largest absolute Gasteiger partial charge is 0.399 e. The lowest BCUT2D eigenvalue weighted by Gasteiger charge is -2.15. The summed E-state index contributed by atoms with van der Waals surface area (Å²) in [6.45, 7) is 4.82. The minimum atomic E-state index is -0.0910. The highest BCUT2D eigenvalue weighted by atomic mass is 16.1. The van der Waals surface area contributed by atoms with Gasteiger partial charge in [0.1, 0.15) is 0 Å². The van der Waals surface area contributed by atoms with Gasteiger partial charge in [0, 0.05) is 22.5 Å². The van der Waals surface area contributed by atoms with Crippen LogP contribution in [0, 0.1) is 6.92 Å². The molecular weight excluding hydrogens is 264 g/mol. The number of nitrogens with two attached hydrogens (primary N) is 2. The summed E-state index contributed by atoms with van der Waals surface area (Å²) >= 11 is 0. The average Bonchev–Trinajstić information content (AvgIpc) is 2.39. The Morgan fingerprint density at radius 3 is 2.10 bits per heavy atom. The highest BCUT2D eigenvalue weighted by Crippen LogP contribution is 2.32. The van der Waals surface area contributed by atoms with E-state index in [2.05, 4.69) is 0 Å². The number of ketones is 2. The van der Waals surface area contributed by atoms with E-state index in [4.69, 9.17) is 11.5 Å². The summed E-state index contributed by atoms with van der Waals surface area (Å²) < 4.78 is 0. The van der Waals surface area contributed by atoms with E-state index in [-0.39, 0.29) is 11.6 Å². The monoisotopic (exact) mass is 282 g/mol. The third kappa shape index (κ3) is 2.65. The van der Waals surface area contributed by atoms with Crippen LogP contribution in [0.5, 0.6) is 0 Å². The molecule has 0 bridgehead atoms. The summed E-state index contributed by atoms with van der Waals surface area (Å²) in [5, 5.41) is 0. The van der Waals surface area contributed by atoms with E-state index in [0.717, 1.165) is 16.7 Å². The third-order valence-corrected chi connectivity index (χ3v) is 3.56. The van der Waals surface area contributed by atoms with Crippen molar-refractivity contribution >= 4 is 22.9 Å². The summed E-state index contributed by atoms with van der Waals surface area (Å²) in [4.78, 5) is 23.6. The predicted octanol–water partition coefficient (Wildman–Crippen LogP) is 3.23. The molecule has 0 aliphatic carbocycles. The Bertz CT molecular complexity index is 749. The number of carbonyl (C=O) groups is 2. The first-order valence-corrected chi connectivity index (χ1v) is 6.63. The van der Waals surface area contributed by atoms with Gasteiger partial charge >= 0.3 is 0 Å². The standard InChI is InChI=1S/C17H18N2O2/c1-9-13(6-7-16(19)17(9)11(3)21)14-5-4-12(18)8-15(14)10(2)20/h4-8H,18-19H2,1-3H3. The molecule has 0 radical (unpaired) electrons. The number of hydrogen-bond donors (Lipinski definition) is 2. The Kier molecular flexibility index (Phi) is 3.80. The van der Waals surface area contributed by atoms with Gasteiger partial charge in [0.2, 0.25) is 0 Å². The Balaban J connectivity index is 2.77. The first kappa shape index (κ1) is 14.8. The molecule has 0 unspecified atom stereocenters. The number of benzene rings is 2. The molecule has 21 heavy (non-hydrogen) atoms. The molecule has 2 aromatic rings. The molecule has 0 heterocycles. The van der Waals surface area contributed by atoms with Gasteiger partial charge in [-0.25, -0.2) is 0 Å². The molecule has 0 saturated carbocycles. The van der Waals surface area contributed by atoms with Crippen LogP contribution in [0.3, 0.4) is 0 Å². The number of Topliss-reactive ketones (excluding diaryl/α,β-unsaturated/α-hetero) is 2. The first-order chi connectivity index (χ1) is 9.82. The number of carbonyl (C=O) groups excluding carboxylic acids is 2. The molecule has 2 aromatic carbocycles. The molecular formula is C17H18N2O2. The van der Waals surface area contributed by atoms with Gasteiger partial charge in [0.05, 0.1) is 0 Å². The molecule has 0 aliphatic rings. The van der Waals surface area contributed by atoms with Crippen LogP contribution in [0.15, 0.2) is 30.3 Å². The van der Waals surface area contributed by atoms with Gasteiger partial charge in [-0.1, -0.05) is 12.1 Å². The normalized spacial score (nSPS) is 10.4. The number of anilines is 2. The molecule has 4 N–H and O–H groups in total. The van der Waals surface area contributed by atoms with E-state index in [9.17, 15) is 9.59 Å². The van der Waals surface area contributed by atoms with Crippen molar-refractivity contribution in [3.05, 3.63) is 47.0 Å². The summed E-state index contributed by atoms with van der Waals surface area (Å²) in [5.41, 5.74) is 16.0. The summed E-state index contributed by atoms with van der Waals surface area (Å²) in [7, 11) is 0. The minimum Gasteiger partial charge on any atom is -0.399 e. The number of rotatable bonds is 3. The average molecular weight is 282 g/mol. The van der Waals surface area contributed by atoms with E-state index >= 15 is 0 Å². The maximum atomic E-state index is 11.8. The van der Waals surface area contributed by atoms with Crippen LogP contribution in [0.2, 0.25) is 0 Å². The van der Waals surface area contributed by atoms with Gasteiger partial charge in [0.15, 0.2) is 11.6 Å². The molecule has 108 valence electrons. The maximum absolute atomic E-state index is 11.8. The van der Waals surface area contributed by atoms with Gasteiger partial charge in [0.25, 0.3) is 0 Å². The minimum absolute atomic E-state index is 0.0714. The Labute approximate surface area is 123 Å². The molecule has 0 amide bonds. The summed E-state index contributed by atoms with van der Waals surface area (Å²) in [5.74, 6) is -0.162. The maximum Gasteiger partial charge on any atom is 0.162 e. The van der Waals surface area contributed by atoms with E-state index in [1.807, 2.05) is 13.0 Å². The molecule has 4 heteroatoms. The molecule has 0 aromatic heterocycles. The zero-order valence-electron chi connectivity index (χ0n) is 12.4. The SMILES string of the molecule is CC(=O)c1cc(N)ccc1-c1ccc(N)c(C(C)=O)c1C. The predicted molar refractivity (Wildman–Crippen MR) is 85.4 cm³/mol. The van der Waals surface area contributed by atoms with Crippen LogP contribution in [0.1, 0.15) is 40.1 Å². The fourth-order valence-electron chi connectivity index (χ4n) is 2.58. The van der Waals surface area contributed by atoms with Crippen molar-refractivity contribution in [1.82, 2.24) is 0 Å². The molecule has 0 atom stereocenters. The lowest BCUT2D eigenvalue weighted by atomic mass is 9.90. The zero-order valence-corrected chi connectivity index (χ0v) is 12.4. The highest BCUT2D eigenvalue weighted by molar-refractivity contribution is 6.05. The lowest BCUT2D eigenvalue weighted by Crippen LogP contribution is -2.05. The Hall–Kier alpha value is -2.62. The molecule has 4 nitrogen and oxygen atoms in total. The lowest BCUT2D eigenvalue weighted by molar-refractivity contribution is 0.101. The molecule has 0 aliphatic heterocycles. The van der Waals surface area contributed by atoms with Crippen LogP contribution in [-0.4, -0.2) is 11.6 Å². The van der Waals surface area contributed by atoms with Gasteiger partial charge in [-0.15, -0.1) is 0 Å². The van der Waals surface area contributed by atoms with Gasteiger partial charge in [-0.2, -0.15) is 0 Å². The Morgan fingerprint density at radius 2 is 1.52 bits per heavy atom.